The highest BCUT2D eigenvalue weighted by Gasteiger charge is 2.27. The number of sulfonamides is 1. The average Bonchev–Trinajstić information content (AvgIpc) is 2.59. The summed E-state index contributed by atoms with van der Waals surface area (Å²) in [5.74, 6) is 0. The molecule has 0 aliphatic heterocycles. The minimum atomic E-state index is -3.59. The van der Waals surface area contributed by atoms with E-state index in [0.29, 0.717) is 21.8 Å². The van der Waals surface area contributed by atoms with Crippen LogP contribution < -0.4 is 5.73 Å². The molecule has 0 spiro atoms. The number of hydrogen-bond acceptors (Lipinski definition) is 4. The molecule has 4 nitrogen and oxygen atoms in total. The maximum Gasteiger partial charge on any atom is 0.253 e. The van der Waals surface area contributed by atoms with Gasteiger partial charge in [-0.3, -0.25) is 0 Å². The molecule has 1 rings (SSSR count). The lowest BCUT2D eigenvalue weighted by Crippen LogP contribution is -2.37. The number of thiocarbonyl (C=S) groups is 1. The summed E-state index contributed by atoms with van der Waals surface area (Å²) in [5, 5.41) is 0.380. The van der Waals surface area contributed by atoms with Crippen molar-refractivity contribution in [3.05, 3.63) is 14.9 Å². The van der Waals surface area contributed by atoms with Gasteiger partial charge in [-0.1, -0.05) is 30.7 Å². The molecular weight excluding hydrogens is 380 g/mol. The fourth-order valence-electron chi connectivity index (χ4n) is 1.29. The van der Waals surface area contributed by atoms with Crippen LogP contribution in [0.25, 0.3) is 0 Å². The molecular formula is C9H12BrClN2O2S3. The fraction of sp³-hybridized carbons (Fsp3) is 0.444. The van der Waals surface area contributed by atoms with Crippen LogP contribution in [0.1, 0.15) is 13.3 Å². The van der Waals surface area contributed by atoms with Gasteiger partial charge < -0.3 is 5.73 Å². The van der Waals surface area contributed by atoms with Crippen LogP contribution in [0.15, 0.2) is 14.1 Å². The van der Waals surface area contributed by atoms with E-state index >= 15 is 0 Å². The van der Waals surface area contributed by atoms with Crippen LogP contribution in [0.3, 0.4) is 0 Å². The third-order valence-corrected chi connectivity index (χ3v) is 6.92. The molecule has 1 heterocycles. The van der Waals surface area contributed by atoms with Crippen LogP contribution in [0.2, 0.25) is 5.02 Å². The van der Waals surface area contributed by atoms with Gasteiger partial charge in [-0.05, 0) is 28.4 Å². The molecule has 0 aliphatic carbocycles. The number of nitrogens with two attached hydrogens (primary N) is 1. The Hall–Kier alpha value is 0.270. The second-order valence-electron chi connectivity index (χ2n) is 3.49. The summed E-state index contributed by atoms with van der Waals surface area (Å²) in [4.78, 5) is 0.147. The maximum absolute atomic E-state index is 12.4. The highest BCUT2D eigenvalue weighted by atomic mass is 79.9. The summed E-state index contributed by atoms with van der Waals surface area (Å²) in [5.41, 5.74) is 5.43. The first-order chi connectivity index (χ1) is 8.28. The number of nitrogens with zero attached hydrogens (tertiary/aromatic N) is 1. The summed E-state index contributed by atoms with van der Waals surface area (Å²) < 4.78 is 26.8. The molecule has 1 aromatic heterocycles. The van der Waals surface area contributed by atoms with Crippen molar-refractivity contribution in [2.45, 2.75) is 17.6 Å². The molecule has 0 aromatic carbocycles. The summed E-state index contributed by atoms with van der Waals surface area (Å²) in [6.07, 6.45) is 0.683. The van der Waals surface area contributed by atoms with Gasteiger partial charge >= 0.3 is 0 Å². The van der Waals surface area contributed by atoms with Crippen molar-refractivity contribution in [3.8, 4) is 0 Å². The molecule has 1 aromatic rings. The van der Waals surface area contributed by atoms with E-state index in [4.69, 9.17) is 29.6 Å². The Bertz CT molecular complexity index is 525. The standard InChI is InChI=1S/C9H12BrClN2O2S3/c1-2-3-13(5-7(12)16)18(14,15)8-4-6(11)9(10)17-8/h4H,2-3,5H2,1H3,(H2,12,16). The molecule has 0 aliphatic rings. The molecule has 2 N–H and O–H groups in total. The minimum Gasteiger partial charge on any atom is -0.392 e. The molecule has 0 unspecified atom stereocenters. The van der Waals surface area contributed by atoms with E-state index < -0.39 is 10.0 Å². The minimum absolute atomic E-state index is 0.0403. The summed E-state index contributed by atoms with van der Waals surface area (Å²) in [7, 11) is -3.59. The van der Waals surface area contributed by atoms with Gasteiger partial charge in [0.25, 0.3) is 10.0 Å². The van der Waals surface area contributed by atoms with Crippen molar-refractivity contribution in [1.82, 2.24) is 4.31 Å². The summed E-state index contributed by atoms with van der Waals surface area (Å²) >= 11 is 14.9. The first-order valence-electron chi connectivity index (χ1n) is 5.02. The van der Waals surface area contributed by atoms with Crippen LogP contribution in [-0.2, 0) is 10.0 Å². The monoisotopic (exact) mass is 390 g/mol. The zero-order chi connectivity index (χ0) is 13.9. The Morgan fingerprint density at radius 3 is 2.67 bits per heavy atom. The van der Waals surface area contributed by atoms with Crippen molar-refractivity contribution in [3.63, 3.8) is 0 Å². The van der Waals surface area contributed by atoms with E-state index in [1.807, 2.05) is 6.92 Å². The average molecular weight is 392 g/mol. The highest BCUT2D eigenvalue weighted by molar-refractivity contribution is 9.11. The lowest BCUT2D eigenvalue weighted by Gasteiger charge is -2.19. The number of hydrogen-bond donors (Lipinski definition) is 1. The smallest absolute Gasteiger partial charge is 0.253 e. The first-order valence-corrected chi connectivity index (χ1v) is 8.86. The van der Waals surface area contributed by atoms with Gasteiger partial charge in [0.15, 0.2) is 0 Å². The van der Waals surface area contributed by atoms with E-state index in [2.05, 4.69) is 15.9 Å². The largest absolute Gasteiger partial charge is 0.392 e. The van der Waals surface area contributed by atoms with Crippen molar-refractivity contribution >= 4 is 66.1 Å². The number of thiophene rings is 1. The highest BCUT2D eigenvalue weighted by Crippen LogP contribution is 2.35. The van der Waals surface area contributed by atoms with E-state index in [1.54, 1.807) is 0 Å². The molecule has 18 heavy (non-hydrogen) atoms. The van der Waals surface area contributed by atoms with Crippen molar-refractivity contribution in [2.75, 3.05) is 13.1 Å². The van der Waals surface area contributed by atoms with Crippen molar-refractivity contribution in [1.29, 1.82) is 0 Å². The lowest BCUT2D eigenvalue weighted by molar-refractivity contribution is 0.451. The zero-order valence-electron chi connectivity index (χ0n) is 9.52. The molecule has 0 saturated carbocycles. The summed E-state index contributed by atoms with van der Waals surface area (Å²) in [6, 6.07) is 1.42. The second kappa shape index (κ2) is 6.62. The zero-order valence-corrected chi connectivity index (χ0v) is 14.3. The number of rotatable bonds is 6. The van der Waals surface area contributed by atoms with E-state index in [0.717, 1.165) is 11.3 Å². The molecule has 0 fully saturated rings. The van der Waals surface area contributed by atoms with Gasteiger partial charge in [-0.15, -0.1) is 11.3 Å². The first kappa shape index (κ1) is 16.3. The van der Waals surface area contributed by atoms with E-state index in [1.165, 1.54) is 10.4 Å². The predicted molar refractivity (Wildman–Crippen MR) is 82.9 cm³/mol. The van der Waals surface area contributed by atoms with Crippen molar-refractivity contribution < 1.29 is 8.42 Å². The van der Waals surface area contributed by atoms with E-state index in [9.17, 15) is 8.42 Å². The van der Waals surface area contributed by atoms with Crippen LogP contribution in [0.4, 0.5) is 0 Å². The Balaban J connectivity index is 3.12. The van der Waals surface area contributed by atoms with Gasteiger partial charge in [-0.2, -0.15) is 4.31 Å². The van der Waals surface area contributed by atoms with Crippen LogP contribution >= 0.6 is 51.1 Å². The second-order valence-corrected chi connectivity index (χ2v) is 8.96. The molecule has 0 radical (unpaired) electrons. The van der Waals surface area contributed by atoms with Gasteiger partial charge in [0.1, 0.15) is 4.21 Å². The molecule has 0 saturated heterocycles. The van der Waals surface area contributed by atoms with Crippen LogP contribution in [0.5, 0.6) is 0 Å². The van der Waals surface area contributed by atoms with Gasteiger partial charge in [0, 0.05) is 6.54 Å². The molecule has 102 valence electrons. The van der Waals surface area contributed by atoms with Gasteiger partial charge in [-0.25, -0.2) is 8.42 Å². The molecule has 0 bridgehead atoms. The predicted octanol–water partition coefficient (Wildman–Crippen LogP) is 2.85. The van der Waals surface area contributed by atoms with E-state index in [-0.39, 0.29) is 15.7 Å². The quantitative estimate of drug-likeness (QED) is 0.757. The molecule has 0 atom stereocenters. The summed E-state index contributed by atoms with van der Waals surface area (Å²) in [6.45, 7) is 2.30. The third kappa shape index (κ3) is 3.88. The van der Waals surface area contributed by atoms with Crippen molar-refractivity contribution in [2.24, 2.45) is 5.73 Å². The SMILES string of the molecule is CCCN(CC(N)=S)S(=O)(=O)c1cc(Cl)c(Br)s1. The van der Waals surface area contributed by atoms with Crippen LogP contribution in [0, 0.1) is 0 Å². The molecule has 0 amide bonds. The third-order valence-electron chi connectivity index (χ3n) is 2.02. The fourth-order valence-corrected chi connectivity index (χ4v) is 5.59. The maximum atomic E-state index is 12.4. The number of halogens is 2. The van der Waals surface area contributed by atoms with Crippen LogP contribution in [-0.4, -0.2) is 30.8 Å². The Kier molecular flexibility index (Phi) is 6.01. The topological polar surface area (TPSA) is 63.4 Å². The lowest BCUT2D eigenvalue weighted by atomic mass is 10.5. The van der Waals surface area contributed by atoms with Gasteiger partial charge in [0.2, 0.25) is 0 Å². The Morgan fingerprint density at radius 1 is 1.67 bits per heavy atom. The van der Waals surface area contributed by atoms with Gasteiger partial charge in [0.05, 0.1) is 20.3 Å². The normalized spacial score (nSPS) is 12.0. The Morgan fingerprint density at radius 2 is 2.28 bits per heavy atom. The Labute approximate surface area is 129 Å². The molecule has 9 heteroatoms.